The van der Waals surface area contributed by atoms with Crippen LogP contribution >= 0.6 is 11.3 Å². The van der Waals surface area contributed by atoms with Gasteiger partial charge in [0, 0.05) is 11.9 Å². The molecule has 4 heteroatoms. The summed E-state index contributed by atoms with van der Waals surface area (Å²) in [4.78, 5) is 12.9. The number of amides is 1. The van der Waals surface area contributed by atoms with Crippen molar-refractivity contribution in [2.75, 3.05) is 7.05 Å². The predicted molar refractivity (Wildman–Crippen MR) is 79.3 cm³/mol. The Hall–Kier alpha value is -1.65. The molecule has 0 bridgehead atoms. The summed E-state index contributed by atoms with van der Waals surface area (Å²) in [7, 11) is 1.66. The second kappa shape index (κ2) is 6.50. The Labute approximate surface area is 117 Å². The van der Waals surface area contributed by atoms with Crippen molar-refractivity contribution >= 4 is 17.2 Å². The topological polar surface area (TPSA) is 41.1 Å². The van der Waals surface area contributed by atoms with Gasteiger partial charge in [-0.2, -0.15) is 0 Å². The maximum Gasteiger partial charge on any atom is 0.236 e. The van der Waals surface area contributed by atoms with E-state index < -0.39 is 0 Å². The molecule has 1 amide bonds. The van der Waals surface area contributed by atoms with Gasteiger partial charge in [-0.15, -0.1) is 11.3 Å². The van der Waals surface area contributed by atoms with Crippen LogP contribution in [0.4, 0.5) is 0 Å². The molecule has 2 atom stereocenters. The van der Waals surface area contributed by atoms with Gasteiger partial charge >= 0.3 is 0 Å². The Balaban J connectivity index is 2.24. The van der Waals surface area contributed by atoms with Crippen LogP contribution in [0.5, 0.6) is 0 Å². The molecule has 3 nitrogen and oxygen atoms in total. The third kappa shape index (κ3) is 3.43. The van der Waals surface area contributed by atoms with Gasteiger partial charge in [-0.05, 0) is 23.9 Å². The summed E-state index contributed by atoms with van der Waals surface area (Å²) in [5.41, 5.74) is 1.17. The lowest BCUT2D eigenvalue weighted by atomic mass is 10.0. The summed E-state index contributed by atoms with van der Waals surface area (Å²) in [6, 6.07) is 14.1. The van der Waals surface area contributed by atoms with Gasteiger partial charge in [0.2, 0.25) is 5.91 Å². The van der Waals surface area contributed by atoms with E-state index in [2.05, 4.69) is 34.2 Å². The molecule has 0 unspecified atom stereocenters. The highest BCUT2D eigenvalue weighted by Crippen LogP contribution is 2.26. The third-order valence-corrected chi connectivity index (χ3v) is 3.95. The number of hydrogen-bond acceptors (Lipinski definition) is 3. The Morgan fingerprint density at radius 3 is 2.47 bits per heavy atom. The van der Waals surface area contributed by atoms with Crippen LogP contribution in [0.2, 0.25) is 0 Å². The number of nitrogens with one attached hydrogen (secondary N) is 2. The normalized spacial score (nSPS) is 13.8. The molecule has 0 saturated heterocycles. The zero-order valence-corrected chi connectivity index (χ0v) is 11.9. The highest BCUT2D eigenvalue weighted by atomic mass is 32.1. The number of hydrogen-bond donors (Lipinski definition) is 2. The molecule has 0 aliphatic rings. The lowest BCUT2D eigenvalue weighted by molar-refractivity contribution is -0.122. The Morgan fingerprint density at radius 2 is 1.89 bits per heavy atom. The smallest absolute Gasteiger partial charge is 0.236 e. The number of carbonyl (C=O) groups is 1. The molecule has 1 aromatic heterocycles. The lowest BCUT2D eigenvalue weighted by Gasteiger charge is -2.22. The Morgan fingerprint density at radius 1 is 1.16 bits per heavy atom. The largest absolute Gasteiger partial charge is 0.358 e. The minimum absolute atomic E-state index is 0.00233. The van der Waals surface area contributed by atoms with Crippen molar-refractivity contribution in [2.24, 2.45) is 0 Å². The first-order valence-corrected chi connectivity index (χ1v) is 7.16. The van der Waals surface area contributed by atoms with Gasteiger partial charge in [0.15, 0.2) is 0 Å². The summed E-state index contributed by atoms with van der Waals surface area (Å²) >= 11 is 1.69. The molecule has 1 aromatic carbocycles. The lowest BCUT2D eigenvalue weighted by Crippen LogP contribution is -2.42. The van der Waals surface area contributed by atoms with E-state index in [4.69, 9.17) is 0 Å². The van der Waals surface area contributed by atoms with Crippen molar-refractivity contribution in [3.8, 4) is 0 Å². The number of rotatable bonds is 5. The second-order valence-corrected chi connectivity index (χ2v) is 5.34. The van der Waals surface area contributed by atoms with Crippen LogP contribution in [-0.2, 0) is 4.79 Å². The maximum atomic E-state index is 11.7. The maximum absolute atomic E-state index is 11.7. The molecule has 2 N–H and O–H groups in total. The molecule has 2 rings (SSSR count). The van der Waals surface area contributed by atoms with Crippen molar-refractivity contribution in [3.05, 3.63) is 58.3 Å². The minimum atomic E-state index is -0.239. The van der Waals surface area contributed by atoms with E-state index in [9.17, 15) is 4.79 Å². The van der Waals surface area contributed by atoms with Gasteiger partial charge in [0.1, 0.15) is 0 Å². The standard InChI is InChI=1S/C15H18N2OS/c1-11(15(18)16-2)17-14(13-9-6-10-19-13)12-7-4-3-5-8-12/h3-11,14,17H,1-2H3,(H,16,18)/t11-,14+/m1/s1. The van der Waals surface area contributed by atoms with Gasteiger partial charge < -0.3 is 5.32 Å². The van der Waals surface area contributed by atoms with Crippen LogP contribution in [0.15, 0.2) is 47.8 Å². The third-order valence-electron chi connectivity index (χ3n) is 3.02. The van der Waals surface area contributed by atoms with Crippen LogP contribution < -0.4 is 10.6 Å². The molecule has 100 valence electrons. The van der Waals surface area contributed by atoms with Crippen molar-refractivity contribution in [1.82, 2.24) is 10.6 Å². The van der Waals surface area contributed by atoms with Crippen molar-refractivity contribution < 1.29 is 4.79 Å². The highest BCUT2D eigenvalue weighted by molar-refractivity contribution is 7.10. The molecular weight excluding hydrogens is 256 g/mol. The average molecular weight is 274 g/mol. The summed E-state index contributed by atoms with van der Waals surface area (Å²) in [5.74, 6) is -0.00233. The zero-order chi connectivity index (χ0) is 13.7. The van der Waals surface area contributed by atoms with Gasteiger partial charge in [-0.3, -0.25) is 10.1 Å². The van der Waals surface area contributed by atoms with Crippen molar-refractivity contribution in [1.29, 1.82) is 0 Å². The second-order valence-electron chi connectivity index (χ2n) is 4.36. The van der Waals surface area contributed by atoms with Gasteiger partial charge in [0.05, 0.1) is 12.1 Å². The first-order chi connectivity index (χ1) is 9.22. The van der Waals surface area contributed by atoms with Crippen LogP contribution in [0.3, 0.4) is 0 Å². The molecule has 0 saturated carbocycles. The summed E-state index contributed by atoms with van der Waals surface area (Å²) in [6.45, 7) is 1.88. The van der Waals surface area contributed by atoms with Crippen LogP contribution in [0.1, 0.15) is 23.4 Å². The average Bonchev–Trinajstić information content (AvgIpc) is 2.98. The van der Waals surface area contributed by atoms with Gasteiger partial charge in [-0.25, -0.2) is 0 Å². The Kier molecular flexibility index (Phi) is 4.71. The molecular formula is C15H18N2OS. The highest BCUT2D eigenvalue weighted by Gasteiger charge is 2.20. The van der Waals surface area contributed by atoms with Crippen LogP contribution in [0, 0.1) is 0 Å². The van der Waals surface area contributed by atoms with E-state index in [0.717, 1.165) is 0 Å². The summed E-state index contributed by atoms with van der Waals surface area (Å²) < 4.78 is 0. The molecule has 0 aliphatic heterocycles. The molecule has 0 radical (unpaired) electrons. The van der Waals surface area contributed by atoms with E-state index in [1.54, 1.807) is 18.4 Å². The fraction of sp³-hybridized carbons (Fsp3) is 0.267. The van der Waals surface area contributed by atoms with Crippen LogP contribution in [0.25, 0.3) is 0 Å². The first kappa shape index (κ1) is 13.8. The van der Waals surface area contributed by atoms with E-state index in [1.165, 1.54) is 10.4 Å². The van der Waals surface area contributed by atoms with Gasteiger partial charge in [-0.1, -0.05) is 36.4 Å². The van der Waals surface area contributed by atoms with E-state index in [0.29, 0.717) is 0 Å². The molecule has 1 heterocycles. The number of benzene rings is 1. The van der Waals surface area contributed by atoms with Gasteiger partial charge in [0.25, 0.3) is 0 Å². The number of carbonyl (C=O) groups excluding carboxylic acids is 1. The van der Waals surface area contributed by atoms with Crippen LogP contribution in [-0.4, -0.2) is 19.0 Å². The molecule has 0 aliphatic carbocycles. The molecule has 2 aromatic rings. The molecule has 19 heavy (non-hydrogen) atoms. The van der Waals surface area contributed by atoms with E-state index >= 15 is 0 Å². The number of thiophene rings is 1. The SMILES string of the molecule is CNC(=O)[C@@H](C)N[C@@H](c1ccccc1)c1cccs1. The first-order valence-electron chi connectivity index (χ1n) is 6.28. The molecule has 0 fully saturated rings. The fourth-order valence-corrected chi connectivity index (χ4v) is 2.80. The summed E-state index contributed by atoms with van der Waals surface area (Å²) in [5, 5.41) is 8.11. The van der Waals surface area contributed by atoms with E-state index in [1.807, 2.05) is 31.2 Å². The minimum Gasteiger partial charge on any atom is -0.358 e. The monoisotopic (exact) mass is 274 g/mol. The number of likely N-dealkylation sites (N-methyl/N-ethyl adjacent to an activating group) is 1. The predicted octanol–water partition coefficient (Wildman–Crippen LogP) is 2.56. The van der Waals surface area contributed by atoms with Crippen molar-refractivity contribution in [3.63, 3.8) is 0 Å². The van der Waals surface area contributed by atoms with E-state index in [-0.39, 0.29) is 18.0 Å². The molecule has 0 spiro atoms. The van der Waals surface area contributed by atoms with Crippen molar-refractivity contribution in [2.45, 2.75) is 19.0 Å². The zero-order valence-electron chi connectivity index (χ0n) is 11.1. The summed E-state index contributed by atoms with van der Waals surface area (Å²) in [6.07, 6.45) is 0. The quantitative estimate of drug-likeness (QED) is 0.880. The Bertz CT molecular complexity index is 510. The fourth-order valence-electron chi connectivity index (χ4n) is 1.99.